The predicted octanol–water partition coefficient (Wildman–Crippen LogP) is 4.35. The van der Waals surface area contributed by atoms with E-state index >= 15 is 0 Å². The maximum absolute atomic E-state index is 13.1. The van der Waals surface area contributed by atoms with Gasteiger partial charge >= 0.3 is 12.0 Å². The number of amides is 2. The minimum atomic E-state index is -3.98. The Hall–Kier alpha value is -2.11. The van der Waals surface area contributed by atoms with E-state index in [2.05, 4.69) is 29.4 Å². The minimum Gasteiger partial charge on any atom is -0.480 e. The smallest absolute Gasteiger partial charge is 0.323 e. The average molecular weight is 512 g/mol. The Bertz CT molecular complexity index is 1030. The first-order chi connectivity index (χ1) is 15.7. The second kappa shape index (κ2) is 11.8. The summed E-state index contributed by atoms with van der Waals surface area (Å²) in [5.74, 6) is -0.132. The first-order valence-corrected chi connectivity index (χ1v) is 14.5. The molecule has 180 valence electrons. The number of hydrogen-bond acceptors (Lipinski definition) is 7. The number of aliphatic carboxylic acids is 1. The molecule has 1 heterocycles. The molecule has 1 aliphatic rings. The highest BCUT2D eigenvalue weighted by Crippen LogP contribution is 2.29. The topological polar surface area (TPSA) is 117 Å². The Labute approximate surface area is 202 Å². The van der Waals surface area contributed by atoms with Crippen molar-refractivity contribution in [3.05, 3.63) is 42.1 Å². The fourth-order valence-electron chi connectivity index (χ4n) is 3.79. The number of benzene rings is 1. The van der Waals surface area contributed by atoms with Crippen LogP contribution in [0.25, 0.3) is 0 Å². The molecule has 0 bridgehead atoms. The summed E-state index contributed by atoms with van der Waals surface area (Å²) < 4.78 is 24.0. The van der Waals surface area contributed by atoms with Gasteiger partial charge in [0.1, 0.15) is 4.21 Å². The van der Waals surface area contributed by atoms with E-state index in [1.165, 1.54) is 5.56 Å². The zero-order valence-electron chi connectivity index (χ0n) is 18.5. The van der Waals surface area contributed by atoms with Crippen LogP contribution in [0.4, 0.5) is 9.93 Å². The molecule has 0 atom stereocenters. The van der Waals surface area contributed by atoms with Gasteiger partial charge in [-0.15, -0.1) is 0 Å². The summed E-state index contributed by atoms with van der Waals surface area (Å²) in [5.41, 5.74) is 1.24. The molecule has 3 rings (SSSR count). The van der Waals surface area contributed by atoms with Gasteiger partial charge in [0.25, 0.3) is 0 Å². The summed E-state index contributed by atoms with van der Waals surface area (Å²) in [6.45, 7) is 2.81. The van der Waals surface area contributed by atoms with E-state index in [1.807, 2.05) is 23.1 Å². The van der Waals surface area contributed by atoms with Gasteiger partial charge in [0.05, 0.1) is 6.20 Å². The Morgan fingerprint density at radius 1 is 1.21 bits per heavy atom. The number of nitrogens with zero attached hydrogens (tertiary/aromatic N) is 2. The molecule has 2 aromatic rings. The van der Waals surface area contributed by atoms with E-state index < -0.39 is 21.6 Å². The van der Waals surface area contributed by atoms with E-state index in [-0.39, 0.29) is 21.4 Å². The van der Waals surface area contributed by atoms with Crippen LogP contribution in [0, 0.1) is 5.92 Å². The summed E-state index contributed by atoms with van der Waals surface area (Å²) in [6, 6.07) is 10.0. The second-order valence-corrected chi connectivity index (χ2v) is 12.6. The van der Waals surface area contributed by atoms with Crippen LogP contribution >= 0.6 is 23.1 Å². The van der Waals surface area contributed by atoms with Crippen LogP contribution in [0.2, 0.25) is 0 Å². The molecule has 0 aliphatic heterocycles. The van der Waals surface area contributed by atoms with Crippen LogP contribution in [0.3, 0.4) is 0 Å². The summed E-state index contributed by atoms with van der Waals surface area (Å²) in [4.78, 5) is 29.8. The average Bonchev–Trinajstić information content (AvgIpc) is 3.24. The van der Waals surface area contributed by atoms with E-state index in [1.54, 1.807) is 11.8 Å². The van der Waals surface area contributed by atoms with Crippen LogP contribution < -0.4 is 5.32 Å². The highest BCUT2D eigenvalue weighted by molar-refractivity contribution is 7.98. The van der Waals surface area contributed by atoms with Gasteiger partial charge in [-0.25, -0.2) is 18.2 Å². The SMILES string of the molecule is CC1CCC(N(CCSCc2ccccc2)C(=O)Nc2ncc(S(=O)(=O)CC(=O)O)s2)CC1. The van der Waals surface area contributed by atoms with Crippen LogP contribution in [0.1, 0.15) is 38.2 Å². The third kappa shape index (κ3) is 7.72. The number of sulfone groups is 1. The number of carbonyl (C=O) groups excluding carboxylic acids is 1. The standard InChI is InChI=1S/C22H29N3O5S3/c1-16-7-9-18(10-8-16)25(11-12-31-14-17-5-3-2-4-6-17)22(28)24-21-23-13-20(32-21)33(29,30)15-19(26)27/h2-6,13,16,18H,7-12,14-15H2,1H3,(H,26,27)(H,23,24,28). The molecular formula is C22H29N3O5S3. The second-order valence-electron chi connectivity index (χ2n) is 8.21. The van der Waals surface area contributed by atoms with Crippen LogP contribution in [-0.2, 0) is 20.4 Å². The van der Waals surface area contributed by atoms with Crippen molar-refractivity contribution in [2.45, 2.75) is 48.6 Å². The normalized spacial score (nSPS) is 18.6. The number of carboxylic acids is 1. The van der Waals surface area contributed by atoms with Crippen LogP contribution in [-0.4, -0.2) is 59.5 Å². The first-order valence-electron chi connectivity index (χ1n) is 10.8. The van der Waals surface area contributed by atoms with Crippen molar-refractivity contribution in [1.82, 2.24) is 9.88 Å². The summed E-state index contributed by atoms with van der Waals surface area (Å²) in [5, 5.41) is 11.7. The molecule has 0 saturated heterocycles. The first kappa shape index (κ1) is 25.5. The summed E-state index contributed by atoms with van der Waals surface area (Å²) in [7, 11) is -3.98. The van der Waals surface area contributed by atoms with Crippen molar-refractivity contribution >= 4 is 50.1 Å². The molecule has 33 heavy (non-hydrogen) atoms. The number of carboxylic acid groups (broad SMARTS) is 1. The van der Waals surface area contributed by atoms with Crippen molar-refractivity contribution in [2.75, 3.05) is 23.4 Å². The Balaban J connectivity index is 1.63. The summed E-state index contributed by atoms with van der Waals surface area (Å²) >= 11 is 2.54. The van der Waals surface area contributed by atoms with Crippen molar-refractivity contribution in [3.63, 3.8) is 0 Å². The fraction of sp³-hybridized carbons (Fsp3) is 0.500. The number of anilines is 1. The summed E-state index contributed by atoms with van der Waals surface area (Å²) in [6.07, 6.45) is 5.11. The third-order valence-electron chi connectivity index (χ3n) is 5.59. The highest BCUT2D eigenvalue weighted by atomic mass is 32.2. The number of thioether (sulfide) groups is 1. The Morgan fingerprint density at radius 2 is 1.91 bits per heavy atom. The van der Waals surface area contributed by atoms with Gasteiger partial charge in [0.15, 0.2) is 20.7 Å². The quantitative estimate of drug-likeness (QED) is 0.456. The molecular weight excluding hydrogens is 482 g/mol. The molecule has 2 amide bonds. The van der Waals surface area contributed by atoms with E-state index in [0.29, 0.717) is 12.5 Å². The zero-order chi connectivity index (χ0) is 23.8. The van der Waals surface area contributed by atoms with Gasteiger partial charge in [0.2, 0.25) is 0 Å². The number of hydrogen-bond donors (Lipinski definition) is 2. The van der Waals surface area contributed by atoms with Crippen molar-refractivity contribution in [1.29, 1.82) is 0 Å². The maximum Gasteiger partial charge on any atom is 0.323 e. The molecule has 0 radical (unpaired) electrons. The molecule has 0 spiro atoms. The van der Waals surface area contributed by atoms with Gasteiger partial charge in [-0.3, -0.25) is 10.1 Å². The molecule has 11 heteroatoms. The number of thiazole rings is 1. The van der Waals surface area contributed by atoms with Gasteiger partial charge in [-0.05, 0) is 37.2 Å². The van der Waals surface area contributed by atoms with Gasteiger partial charge in [-0.1, -0.05) is 48.6 Å². The lowest BCUT2D eigenvalue weighted by molar-refractivity contribution is -0.134. The number of carbonyl (C=O) groups is 2. The van der Waals surface area contributed by atoms with Gasteiger partial charge in [0, 0.05) is 24.1 Å². The molecule has 1 saturated carbocycles. The Morgan fingerprint density at radius 3 is 2.58 bits per heavy atom. The lowest BCUT2D eigenvalue weighted by Gasteiger charge is -2.36. The molecule has 1 aromatic heterocycles. The van der Waals surface area contributed by atoms with Crippen molar-refractivity contribution in [3.8, 4) is 0 Å². The number of aromatic nitrogens is 1. The minimum absolute atomic E-state index is 0.133. The van der Waals surface area contributed by atoms with Crippen molar-refractivity contribution < 1.29 is 23.1 Å². The van der Waals surface area contributed by atoms with Gasteiger partial charge < -0.3 is 10.0 Å². The van der Waals surface area contributed by atoms with E-state index in [4.69, 9.17) is 5.11 Å². The third-order valence-corrected chi connectivity index (χ3v) is 9.67. The van der Waals surface area contributed by atoms with Gasteiger partial charge in [-0.2, -0.15) is 11.8 Å². The number of urea groups is 1. The molecule has 8 nitrogen and oxygen atoms in total. The van der Waals surface area contributed by atoms with E-state index in [9.17, 15) is 18.0 Å². The highest BCUT2D eigenvalue weighted by Gasteiger charge is 2.28. The molecule has 1 aromatic carbocycles. The molecule has 2 N–H and O–H groups in total. The predicted molar refractivity (Wildman–Crippen MR) is 132 cm³/mol. The van der Waals surface area contributed by atoms with Crippen LogP contribution in [0.5, 0.6) is 0 Å². The molecule has 0 unspecified atom stereocenters. The fourth-order valence-corrected chi connectivity index (χ4v) is 6.83. The lowest BCUT2D eigenvalue weighted by atomic mass is 9.86. The molecule has 1 aliphatic carbocycles. The number of rotatable bonds is 10. The Kier molecular flexibility index (Phi) is 9.16. The van der Waals surface area contributed by atoms with E-state index in [0.717, 1.165) is 54.7 Å². The molecule has 1 fully saturated rings. The number of nitrogens with one attached hydrogen (secondary N) is 1. The lowest BCUT2D eigenvalue weighted by Crippen LogP contribution is -2.45. The van der Waals surface area contributed by atoms with Crippen molar-refractivity contribution in [2.24, 2.45) is 5.92 Å². The van der Waals surface area contributed by atoms with Crippen LogP contribution in [0.15, 0.2) is 40.7 Å². The zero-order valence-corrected chi connectivity index (χ0v) is 20.9. The largest absolute Gasteiger partial charge is 0.480 e. The monoisotopic (exact) mass is 511 g/mol. The maximum atomic E-state index is 13.1.